The predicted octanol–water partition coefficient (Wildman–Crippen LogP) is 0.334. The van der Waals surface area contributed by atoms with Crippen LogP contribution in [0, 0.1) is 22.0 Å². The van der Waals surface area contributed by atoms with Gasteiger partial charge in [0.05, 0.1) is 4.92 Å². The van der Waals surface area contributed by atoms with Crippen LogP contribution in [0.1, 0.15) is 5.69 Å². The molecule has 1 aromatic rings. The maximum absolute atomic E-state index is 10.4. The second-order valence-electron chi connectivity index (χ2n) is 2.09. The molecule has 0 unspecified atom stereocenters. The number of pyridine rings is 1. The Morgan fingerprint density at radius 1 is 1.69 bits per heavy atom. The van der Waals surface area contributed by atoms with Crippen molar-refractivity contribution in [3.8, 4) is 11.8 Å². The van der Waals surface area contributed by atoms with E-state index in [9.17, 15) is 10.1 Å². The van der Waals surface area contributed by atoms with Gasteiger partial charge in [-0.15, -0.1) is 0 Å². The maximum Gasteiger partial charge on any atom is 0.303 e. The van der Waals surface area contributed by atoms with Crippen LogP contribution in [-0.2, 0) is 0 Å². The lowest BCUT2D eigenvalue weighted by Crippen LogP contribution is -1.94. The van der Waals surface area contributed by atoms with E-state index in [0.717, 1.165) is 0 Å². The molecule has 0 bridgehead atoms. The van der Waals surface area contributed by atoms with Crippen molar-refractivity contribution in [2.45, 2.75) is 0 Å². The van der Waals surface area contributed by atoms with E-state index in [4.69, 9.17) is 5.11 Å². The molecule has 0 radical (unpaired) electrons. The van der Waals surface area contributed by atoms with E-state index in [0.29, 0.717) is 0 Å². The minimum absolute atomic E-state index is 0.0709. The Balaban J connectivity index is 3.12. The standard InChI is InChI=1S/C8H6N2O3/c11-6-2-3-7-8(10(12)13)4-1-5-9-7/h1,4-5,11H,6H2. The van der Waals surface area contributed by atoms with Crippen LogP contribution >= 0.6 is 0 Å². The van der Waals surface area contributed by atoms with Crippen molar-refractivity contribution < 1.29 is 10.0 Å². The fourth-order valence-electron chi connectivity index (χ4n) is 0.764. The molecule has 0 saturated heterocycles. The molecule has 0 amide bonds. The fourth-order valence-corrected chi connectivity index (χ4v) is 0.764. The third kappa shape index (κ3) is 2.25. The van der Waals surface area contributed by atoms with Crippen LogP contribution in [0.15, 0.2) is 18.3 Å². The average Bonchev–Trinajstić information content (AvgIpc) is 2.15. The summed E-state index contributed by atoms with van der Waals surface area (Å²) in [5.41, 5.74) is -0.0787. The molecule has 1 aromatic heterocycles. The van der Waals surface area contributed by atoms with Gasteiger partial charge in [-0.25, -0.2) is 4.98 Å². The number of nitrogens with zero attached hydrogens (tertiary/aromatic N) is 2. The topological polar surface area (TPSA) is 76.3 Å². The molecule has 5 nitrogen and oxygen atoms in total. The number of nitro groups is 1. The minimum Gasteiger partial charge on any atom is -0.384 e. The summed E-state index contributed by atoms with van der Waals surface area (Å²) in [6.07, 6.45) is 1.41. The highest BCUT2D eigenvalue weighted by atomic mass is 16.6. The van der Waals surface area contributed by atoms with E-state index in [-0.39, 0.29) is 18.0 Å². The molecule has 1 rings (SSSR count). The number of hydrogen-bond acceptors (Lipinski definition) is 4. The van der Waals surface area contributed by atoms with Crippen LogP contribution in [0.5, 0.6) is 0 Å². The zero-order valence-corrected chi connectivity index (χ0v) is 6.60. The lowest BCUT2D eigenvalue weighted by atomic mass is 10.3. The van der Waals surface area contributed by atoms with Crippen LogP contribution in [0.4, 0.5) is 5.69 Å². The van der Waals surface area contributed by atoms with Gasteiger partial charge in [0.15, 0.2) is 5.69 Å². The molecule has 0 aliphatic carbocycles. The first-order chi connectivity index (χ1) is 6.25. The lowest BCUT2D eigenvalue weighted by molar-refractivity contribution is -0.385. The van der Waals surface area contributed by atoms with Gasteiger partial charge in [-0.05, 0) is 12.0 Å². The molecule has 1 heterocycles. The van der Waals surface area contributed by atoms with Crippen molar-refractivity contribution in [3.05, 3.63) is 34.1 Å². The van der Waals surface area contributed by atoms with E-state index < -0.39 is 4.92 Å². The van der Waals surface area contributed by atoms with Crippen molar-refractivity contribution in [2.75, 3.05) is 6.61 Å². The number of rotatable bonds is 1. The monoisotopic (exact) mass is 178 g/mol. The second kappa shape index (κ2) is 4.18. The minimum atomic E-state index is -0.561. The van der Waals surface area contributed by atoms with E-state index in [2.05, 4.69) is 16.8 Å². The van der Waals surface area contributed by atoms with E-state index in [1.54, 1.807) is 0 Å². The third-order valence-corrected chi connectivity index (χ3v) is 1.27. The summed E-state index contributed by atoms with van der Waals surface area (Å²) in [5, 5.41) is 18.8. The lowest BCUT2D eigenvalue weighted by Gasteiger charge is -1.91. The molecule has 0 aliphatic heterocycles. The van der Waals surface area contributed by atoms with Gasteiger partial charge < -0.3 is 5.11 Å². The molecule has 0 spiro atoms. The highest BCUT2D eigenvalue weighted by Crippen LogP contribution is 2.12. The highest BCUT2D eigenvalue weighted by Gasteiger charge is 2.10. The summed E-state index contributed by atoms with van der Waals surface area (Å²) < 4.78 is 0. The Bertz CT molecular complexity index is 378. The van der Waals surface area contributed by atoms with Gasteiger partial charge in [-0.2, -0.15) is 0 Å². The Labute approximate surface area is 74.2 Å². The first kappa shape index (κ1) is 9.16. The molecule has 66 valence electrons. The molecule has 1 N–H and O–H groups in total. The predicted molar refractivity (Wildman–Crippen MR) is 44.9 cm³/mol. The number of aliphatic hydroxyl groups excluding tert-OH is 1. The van der Waals surface area contributed by atoms with Crippen molar-refractivity contribution in [2.24, 2.45) is 0 Å². The Morgan fingerprint density at radius 2 is 2.46 bits per heavy atom. The van der Waals surface area contributed by atoms with Crippen molar-refractivity contribution in [1.29, 1.82) is 0 Å². The van der Waals surface area contributed by atoms with Gasteiger partial charge >= 0.3 is 5.69 Å². The fraction of sp³-hybridized carbons (Fsp3) is 0.125. The van der Waals surface area contributed by atoms with Crippen molar-refractivity contribution >= 4 is 5.69 Å². The van der Waals surface area contributed by atoms with E-state index in [1.165, 1.54) is 18.3 Å². The van der Waals surface area contributed by atoms with E-state index in [1.807, 2.05) is 0 Å². The third-order valence-electron chi connectivity index (χ3n) is 1.27. The first-order valence-electron chi connectivity index (χ1n) is 3.45. The molecular formula is C8H6N2O3. The van der Waals surface area contributed by atoms with Crippen LogP contribution in [0.2, 0.25) is 0 Å². The maximum atomic E-state index is 10.4. The Hall–Kier alpha value is -1.93. The number of hydrogen-bond donors (Lipinski definition) is 1. The molecule has 0 aliphatic rings. The summed E-state index contributed by atoms with van der Waals surface area (Å²) in [7, 11) is 0. The summed E-state index contributed by atoms with van der Waals surface area (Å²) in [6, 6.07) is 2.77. The molecule has 0 saturated carbocycles. The molecule has 0 aromatic carbocycles. The Kier molecular flexibility index (Phi) is 2.95. The van der Waals surface area contributed by atoms with Crippen LogP contribution in [0.3, 0.4) is 0 Å². The summed E-state index contributed by atoms with van der Waals surface area (Å²) in [6.45, 7) is -0.340. The van der Waals surface area contributed by atoms with Crippen molar-refractivity contribution in [1.82, 2.24) is 4.98 Å². The Morgan fingerprint density at radius 3 is 3.08 bits per heavy atom. The van der Waals surface area contributed by atoms with Crippen LogP contribution < -0.4 is 0 Å². The second-order valence-corrected chi connectivity index (χ2v) is 2.09. The first-order valence-corrected chi connectivity index (χ1v) is 3.45. The molecule has 5 heteroatoms. The highest BCUT2D eigenvalue weighted by molar-refractivity contribution is 5.45. The zero-order chi connectivity index (χ0) is 9.68. The van der Waals surface area contributed by atoms with E-state index >= 15 is 0 Å². The molecule has 0 atom stereocenters. The number of aromatic nitrogens is 1. The SMILES string of the molecule is O=[N+]([O-])c1cccnc1C#CCO. The number of aliphatic hydroxyl groups is 1. The van der Waals surface area contributed by atoms with Crippen LogP contribution in [-0.4, -0.2) is 21.6 Å². The summed E-state index contributed by atoms with van der Waals surface area (Å²) in [4.78, 5) is 13.6. The smallest absolute Gasteiger partial charge is 0.303 e. The van der Waals surface area contributed by atoms with Gasteiger partial charge in [-0.3, -0.25) is 10.1 Å². The molecular weight excluding hydrogens is 172 g/mol. The van der Waals surface area contributed by atoms with Gasteiger partial charge in [-0.1, -0.05) is 5.92 Å². The summed E-state index contributed by atoms with van der Waals surface area (Å²) >= 11 is 0. The van der Waals surface area contributed by atoms with Gasteiger partial charge in [0.2, 0.25) is 0 Å². The normalized spacial score (nSPS) is 8.69. The average molecular weight is 178 g/mol. The largest absolute Gasteiger partial charge is 0.384 e. The molecule has 0 fully saturated rings. The van der Waals surface area contributed by atoms with Gasteiger partial charge in [0, 0.05) is 12.3 Å². The quantitative estimate of drug-likeness (QED) is 0.382. The van der Waals surface area contributed by atoms with Crippen molar-refractivity contribution in [3.63, 3.8) is 0 Å². The van der Waals surface area contributed by atoms with Crippen LogP contribution in [0.25, 0.3) is 0 Å². The summed E-state index contributed by atoms with van der Waals surface area (Å²) in [5.74, 6) is 4.69. The van der Waals surface area contributed by atoms with Gasteiger partial charge in [0.25, 0.3) is 0 Å². The van der Waals surface area contributed by atoms with Gasteiger partial charge in [0.1, 0.15) is 6.61 Å². The molecule has 13 heavy (non-hydrogen) atoms. The zero-order valence-electron chi connectivity index (χ0n) is 6.60.